The van der Waals surface area contributed by atoms with Crippen molar-refractivity contribution in [3.8, 4) is 11.4 Å². The molecular weight excluding hydrogens is 449 g/mol. The van der Waals surface area contributed by atoms with Crippen LogP contribution in [0.4, 0.5) is 15.9 Å². The van der Waals surface area contributed by atoms with Crippen LogP contribution in [0.25, 0.3) is 22.6 Å². The first-order valence-electron chi connectivity index (χ1n) is 11.1. The molecule has 2 aromatic carbocycles. The molecule has 0 bridgehead atoms. The first-order valence-corrected chi connectivity index (χ1v) is 11.1. The smallest absolute Gasteiger partial charge is 0.255 e. The maximum atomic E-state index is 13.4. The Hall–Kier alpha value is -4.60. The molecule has 10 heteroatoms. The highest BCUT2D eigenvalue weighted by molar-refractivity contribution is 6.03. The van der Waals surface area contributed by atoms with Gasteiger partial charge in [0.25, 0.3) is 5.91 Å². The van der Waals surface area contributed by atoms with Crippen LogP contribution in [0.1, 0.15) is 28.8 Å². The number of nitrogens with one attached hydrogen (secondary N) is 3. The molecule has 0 saturated carbocycles. The molecule has 0 spiro atoms. The topological polar surface area (TPSA) is 116 Å². The van der Waals surface area contributed by atoms with Crippen molar-refractivity contribution in [2.45, 2.75) is 25.4 Å². The lowest BCUT2D eigenvalue weighted by Gasteiger charge is -2.31. The van der Waals surface area contributed by atoms with E-state index in [9.17, 15) is 14.0 Å². The number of halogens is 1. The number of nitrogens with zero attached hydrogens (tertiary/aromatic N) is 4. The Kier molecular flexibility index (Phi) is 4.80. The van der Waals surface area contributed by atoms with Crippen molar-refractivity contribution in [2.75, 3.05) is 5.32 Å². The Labute approximate surface area is 199 Å². The number of H-pyrrole nitrogens is 1. The van der Waals surface area contributed by atoms with Gasteiger partial charge in [0.15, 0.2) is 17.3 Å². The number of anilines is 2. The molecule has 2 amide bonds. The quantitative estimate of drug-likeness (QED) is 0.420. The number of carbonyl (C=O) groups excluding carboxylic acids is 2. The molecule has 2 aliphatic heterocycles. The molecule has 3 N–H and O–H groups in total. The van der Waals surface area contributed by atoms with Gasteiger partial charge in [-0.3, -0.25) is 9.59 Å². The van der Waals surface area contributed by atoms with Crippen LogP contribution in [0.2, 0.25) is 0 Å². The maximum Gasteiger partial charge on any atom is 0.255 e. The van der Waals surface area contributed by atoms with Crippen LogP contribution in [-0.2, 0) is 11.3 Å². The van der Waals surface area contributed by atoms with Crippen LogP contribution in [0.5, 0.6) is 0 Å². The normalized spacial score (nSPS) is 17.6. The lowest BCUT2D eigenvalue weighted by atomic mass is 10.0. The second-order valence-corrected chi connectivity index (χ2v) is 8.54. The SMILES string of the molecule is C=C1CCC(N2Cc3c(Nc4nc(-c5ccc(F)cc5)nc5nc[nH]c45)cccc3C2=O)C(=O)N1. The van der Waals surface area contributed by atoms with Gasteiger partial charge in [0.1, 0.15) is 17.4 Å². The number of fused-ring (bicyclic) bond motifs is 2. The zero-order valence-electron chi connectivity index (χ0n) is 18.5. The van der Waals surface area contributed by atoms with Crippen LogP contribution in [-0.4, -0.2) is 42.7 Å². The van der Waals surface area contributed by atoms with Gasteiger partial charge in [0, 0.05) is 34.6 Å². The van der Waals surface area contributed by atoms with E-state index in [1.807, 2.05) is 6.07 Å². The fraction of sp³-hybridized carbons (Fsp3) is 0.160. The van der Waals surface area contributed by atoms with Crippen molar-refractivity contribution in [2.24, 2.45) is 0 Å². The van der Waals surface area contributed by atoms with Crippen LogP contribution in [0, 0.1) is 5.82 Å². The van der Waals surface area contributed by atoms with Crippen LogP contribution < -0.4 is 10.6 Å². The van der Waals surface area contributed by atoms with Crippen LogP contribution in [0.15, 0.2) is 61.1 Å². The van der Waals surface area contributed by atoms with Crippen LogP contribution >= 0.6 is 0 Å². The first-order chi connectivity index (χ1) is 17.0. The molecule has 0 aliphatic carbocycles. The van der Waals surface area contributed by atoms with Crippen molar-refractivity contribution in [3.05, 3.63) is 78.0 Å². The van der Waals surface area contributed by atoms with Crippen molar-refractivity contribution < 1.29 is 14.0 Å². The minimum atomic E-state index is -0.545. The minimum Gasteiger partial charge on any atom is -0.340 e. The van der Waals surface area contributed by atoms with E-state index in [1.54, 1.807) is 29.2 Å². The Morgan fingerprint density at radius 2 is 1.94 bits per heavy atom. The van der Waals surface area contributed by atoms with Gasteiger partial charge in [-0.1, -0.05) is 12.6 Å². The van der Waals surface area contributed by atoms with Crippen molar-refractivity contribution in [3.63, 3.8) is 0 Å². The lowest BCUT2D eigenvalue weighted by molar-refractivity contribution is -0.126. The molecule has 9 nitrogen and oxygen atoms in total. The Bertz CT molecular complexity index is 1510. The summed E-state index contributed by atoms with van der Waals surface area (Å²) in [5, 5.41) is 6.08. The van der Waals surface area contributed by atoms with Crippen molar-refractivity contribution in [1.29, 1.82) is 0 Å². The van der Waals surface area contributed by atoms with Crippen molar-refractivity contribution >= 4 is 34.5 Å². The monoisotopic (exact) mass is 469 g/mol. The van der Waals surface area contributed by atoms with E-state index >= 15 is 0 Å². The number of aromatic nitrogens is 4. The average molecular weight is 469 g/mol. The number of amides is 2. The third kappa shape index (κ3) is 3.59. The number of hydrogen-bond acceptors (Lipinski definition) is 6. The summed E-state index contributed by atoms with van der Waals surface area (Å²) in [4.78, 5) is 43.8. The third-order valence-corrected chi connectivity index (χ3v) is 6.34. The molecule has 174 valence electrons. The van der Waals surface area contributed by atoms with E-state index in [0.717, 1.165) is 5.56 Å². The van der Waals surface area contributed by atoms with Crippen molar-refractivity contribution in [1.82, 2.24) is 30.2 Å². The standard InChI is InChI=1S/C25H20FN7O2/c1-13-5-10-19(24(34)29-13)33-11-17-16(25(33)35)3-2-4-18(17)30-23-20-22(28-12-27-20)31-21(32-23)14-6-8-15(26)9-7-14/h2-4,6-9,12,19H,1,5,10-11H2,(H,29,34)(H2,27,28,30,31,32). The molecule has 2 aromatic heterocycles. The molecule has 2 aliphatic rings. The molecule has 4 heterocycles. The van der Waals surface area contributed by atoms with Crippen LogP contribution in [0.3, 0.4) is 0 Å². The molecule has 1 fully saturated rings. The second kappa shape index (κ2) is 8.01. The Morgan fingerprint density at radius 3 is 2.74 bits per heavy atom. The van der Waals surface area contributed by atoms with E-state index in [2.05, 4.69) is 37.1 Å². The summed E-state index contributed by atoms with van der Waals surface area (Å²) in [5.74, 6) is 0.112. The van der Waals surface area contributed by atoms with Gasteiger partial charge in [0.2, 0.25) is 5.91 Å². The summed E-state index contributed by atoms with van der Waals surface area (Å²) in [7, 11) is 0. The molecule has 1 atom stereocenters. The number of hydrogen-bond donors (Lipinski definition) is 3. The van der Waals surface area contributed by atoms with E-state index < -0.39 is 6.04 Å². The van der Waals surface area contributed by atoms with E-state index in [-0.39, 0.29) is 17.6 Å². The predicted octanol–water partition coefficient (Wildman–Crippen LogP) is 3.65. The number of imidazole rings is 1. The number of benzene rings is 2. The Morgan fingerprint density at radius 1 is 1.11 bits per heavy atom. The number of piperidine rings is 1. The van der Waals surface area contributed by atoms with Gasteiger partial charge < -0.3 is 20.5 Å². The third-order valence-electron chi connectivity index (χ3n) is 6.34. The number of allylic oxidation sites excluding steroid dienone is 1. The summed E-state index contributed by atoms with van der Waals surface area (Å²) < 4.78 is 13.4. The van der Waals surface area contributed by atoms with Gasteiger partial charge in [-0.15, -0.1) is 0 Å². The highest BCUT2D eigenvalue weighted by Crippen LogP contribution is 2.35. The largest absolute Gasteiger partial charge is 0.340 e. The number of aromatic amines is 1. The summed E-state index contributed by atoms with van der Waals surface area (Å²) in [6, 6.07) is 10.8. The van der Waals surface area contributed by atoms with E-state index in [1.165, 1.54) is 18.5 Å². The van der Waals surface area contributed by atoms with Gasteiger partial charge in [-0.05, 0) is 49.2 Å². The second-order valence-electron chi connectivity index (χ2n) is 8.54. The minimum absolute atomic E-state index is 0.183. The predicted molar refractivity (Wildman–Crippen MR) is 127 cm³/mol. The summed E-state index contributed by atoms with van der Waals surface area (Å²) in [5.41, 5.74) is 4.38. The van der Waals surface area contributed by atoms with Gasteiger partial charge in [0.05, 0.1) is 6.33 Å². The molecular formula is C25H20FN7O2. The molecule has 1 unspecified atom stereocenters. The summed E-state index contributed by atoms with van der Waals surface area (Å²) in [6.07, 6.45) is 2.69. The van der Waals surface area contributed by atoms with E-state index in [0.29, 0.717) is 64.7 Å². The lowest BCUT2D eigenvalue weighted by Crippen LogP contribution is -2.49. The van der Waals surface area contributed by atoms with E-state index in [4.69, 9.17) is 0 Å². The fourth-order valence-corrected chi connectivity index (χ4v) is 4.56. The Balaban J connectivity index is 1.36. The molecule has 1 saturated heterocycles. The molecule has 35 heavy (non-hydrogen) atoms. The molecule has 6 rings (SSSR count). The summed E-state index contributed by atoms with van der Waals surface area (Å²) in [6.45, 7) is 4.11. The van der Waals surface area contributed by atoms with Gasteiger partial charge >= 0.3 is 0 Å². The average Bonchev–Trinajstić information content (AvgIpc) is 3.45. The zero-order chi connectivity index (χ0) is 24.1. The number of rotatable bonds is 4. The fourth-order valence-electron chi connectivity index (χ4n) is 4.56. The number of carbonyl (C=O) groups is 2. The molecule has 4 aromatic rings. The highest BCUT2D eigenvalue weighted by atomic mass is 19.1. The zero-order valence-corrected chi connectivity index (χ0v) is 18.5. The van der Waals surface area contributed by atoms with Gasteiger partial charge in [-0.25, -0.2) is 19.3 Å². The highest BCUT2D eigenvalue weighted by Gasteiger charge is 2.39. The summed E-state index contributed by atoms with van der Waals surface area (Å²) >= 11 is 0. The first kappa shape index (κ1) is 21.0. The van der Waals surface area contributed by atoms with Gasteiger partial charge in [-0.2, -0.15) is 0 Å². The maximum absolute atomic E-state index is 13.4. The molecule has 0 radical (unpaired) electrons.